The minimum Gasteiger partial charge on any atom is -0.393 e. The Hall–Kier alpha value is -0.190. The van der Waals surface area contributed by atoms with Crippen molar-refractivity contribution in [2.75, 3.05) is 6.54 Å². The first-order valence-corrected chi connectivity index (χ1v) is 5.13. The molecule has 4 heteroatoms. The molecule has 0 amide bonds. The third-order valence-electron chi connectivity index (χ3n) is 2.66. The van der Waals surface area contributed by atoms with Gasteiger partial charge in [-0.05, 0) is 20.3 Å². The Morgan fingerprint density at radius 1 is 1.77 bits per heavy atom. The third kappa shape index (κ3) is 2.90. The summed E-state index contributed by atoms with van der Waals surface area (Å²) in [6.45, 7) is 4.99. The van der Waals surface area contributed by atoms with Crippen LogP contribution in [0.3, 0.4) is 0 Å². The molecular formula is C9H18N2OS. The maximum absolute atomic E-state index is 9.45. The third-order valence-corrected chi connectivity index (χ3v) is 2.83. The number of nitrogens with zero attached hydrogens (tertiary/aromatic N) is 1. The molecule has 76 valence electrons. The van der Waals surface area contributed by atoms with Gasteiger partial charge in [0.2, 0.25) is 0 Å². The van der Waals surface area contributed by atoms with Crippen LogP contribution in [0.2, 0.25) is 0 Å². The average molecular weight is 202 g/mol. The van der Waals surface area contributed by atoms with Crippen molar-refractivity contribution in [2.45, 2.75) is 44.9 Å². The zero-order valence-corrected chi connectivity index (χ0v) is 9.05. The fourth-order valence-electron chi connectivity index (χ4n) is 2.05. The second-order valence-corrected chi connectivity index (χ2v) is 4.48. The Labute approximate surface area is 84.9 Å². The molecule has 1 heterocycles. The van der Waals surface area contributed by atoms with Crippen molar-refractivity contribution in [1.29, 1.82) is 0 Å². The van der Waals surface area contributed by atoms with Crippen LogP contribution >= 0.6 is 12.2 Å². The number of aliphatic hydroxyl groups excluding tert-OH is 1. The first-order chi connectivity index (χ1) is 6.00. The molecule has 0 spiro atoms. The smallest absolute Gasteiger partial charge is 0.0742 e. The van der Waals surface area contributed by atoms with Crippen molar-refractivity contribution >= 4 is 17.2 Å². The second-order valence-electron chi connectivity index (χ2n) is 3.95. The van der Waals surface area contributed by atoms with E-state index in [1.807, 2.05) is 0 Å². The lowest BCUT2D eigenvalue weighted by molar-refractivity contribution is 0.157. The molecule has 13 heavy (non-hydrogen) atoms. The summed E-state index contributed by atoms with van der Waals surface area (Å²) < 4.78 is 0. The highest BCUT2D eigenvalue weighted by molar-refractivity contribution is 7.80. The molecule has 1 aliphatic heterocycles. The van der Waals surface area contributed by atoms with Crippen LogP contribution in [0.15, 0.2) is 0 Å². The van der Waals surface area contributed by atoms with E-state index in [1.54, 1.807) is 0 Å². The average Bonchev–Trinajstić information content (AvgIpc) is 2.28. The van der Waals surface area contributed by atoms with Crippen molar-refractivity contribution in [1.82, 2.24) is 4.90 Å². The van der Waals surface area contributed by atoms with Crippen LogP contribution in [0.5, 0.6) is 0 Å². The molecule has 0 aliphatic carbocycles. The molecule has 0 aromatic carbocycles. The monoisotopic (exact) mass is 202 g/mol. The van der Waals surface area contributed by atoms with Crippen LogP contribution in [0.25, 0.3) is 0 Å². The minimum absolute atomic E-state index is 0.177. The Morgan fingerprint density at radius 2 is 2.38 bits per heavy atom. The van der Waals surface area contributed by atoms with Gasteiger partial charge < -0.3 is 10.8 Å². The number of β-amino-alcohol motifs (C(OH)–C–C–N with tert-alkyl or cyclic N) is 1. The van der Waals surface area contributed by atoms with E-state index in [4.69, 9.17) is 18.0 Å². The fraction of sp³-hybridized carbons (Fsp3) is 0.889. The number of hydrogen-bond donors (Lipinski definition) is 2. The predicted octanol–water partition coefficient (Wildman–Crippen LogP) is 0.506. The molecule has 3 N–H and O–H groups in total. The zero-order valence-electron chi connectivity index (χ0n) is 8.23. The highest BCUT2D eigenvalue weighted by atomic mass is 32.1. The summed E-state index contributed by atoms with van der Waals surface area (Å²) in [4.78, 5) is 2.82. The van der Waals surface area contributed by atoms with Crippen LogP contribution in [-0.2, 0) is 0 Å². The fourth-order valence-corrected chi connectivity index (χ4v) is 2.29. The van der Waals surface area contributed by atoms with Gasteiger partial charge in [-0.1, -0.05) is 12.2 Å². The Bertz CT molecular complexity index is 198. The first-order valence-electron chi connectivity index (χ1n) is 4.72. The quantitative estimate of drug-likeness (QED) is 0.655. The summed E-state index contributed by atoms with van der Waals surface area (Å²) in [6.07, 6.45) is 1.43. The van der Waals surface area contributed by atoms with Crippen LogP contribution in [0.1, 0.15) is 26.7 Å². The molecule has 0 aromatic rings. The second kappa shape index (κ2) is 4.35. The van der Waals surface area contributed by atoms with E-state index < -0.39 is 0 Å². The van der Waals surface area contributed by atoms with Gasteiger partial charge in [0, 0.05) is 25.0 Å². The first kappa shape index (κ1) is 10.9. The highest BCUT2D eigenvalue weighted by Gasteiger charge is 2.30. The summed E-state index contributed by atoms with van der Waals surface area (Å²) >= 11 is 4.86. The number of rotatable bonds is 3. The molecule has 3 unspecified atom stereocenters. The molecule has 3 nitrogen and oxygen atoms in total. The van der Waals surface area contributed by atoms with Gasteiger partial charge in [-0.25, -0.2) is 0 Å². The summed E-state index contributed by atoms with van der Waals surface area (Å²) in [7, 11) is 0. The van der Waals surface area contributed by atoms with E-state index >= 15 is 0 Å². The van der Waals surface area contributed by atoms with Gasteiger partial charge in [-0.2, -0.15) is 0 Å². The van der Waals surface area contributed by atoms with Crippen molar-refractivity contribution < 1.29 is 5.11 Å². The molecule has 1 fully saturated rings. The van der Waals surface area contributed by atoms with Gasteiger partial charge in [-0.15, -0.1) is 0 Å². The van der Waals surface area contributed by atoms with Crippen molar-refractivity contribution in [2.24, 2.45) is 5.73 Å². The van der Waals surface area contributed by atoms with Crippen molar-refractivity contribution in [3.63, 3.8) is 0 Å². The molecule has 1 saturated heterocycles. The van der Waals surface area contributed by atoms with Gasteiger partial charge in [0.1, 0.15) is 0 Å². The maximum Gasteiger partial charge on any atom is 0.0742 e. The molecule has 1 rings (SSSR count). The van der Waals surface area contributed by atoms with Gasteiger partial charge in [0.15, 0.2) is 0 Å². The van der Waals surface area contributed by atoms with Gasteiger partial charge >= 0.3 is 0 Å². The largest absolute Gasteiger partial charge is 0.393 e. The Balaban J connectivity index is 2.46. The lowest BCUT2D eigenvalue weighted by atomic mass is 10.2. The lowest BCUT2D eigenvalue weighted by Crippen LogP contribution is -2.38. The van der Waals surface area contributed by atoms with E-state index in [0.29, 0.717) is 17.1 Å². The summed E-state index contributed by atoms with van der Waals surface area (Å²) in [5, 5.41) is 9.45. The summed E-state index contributed by atoms with van der Waals surface area (Å²) in [5.41, 5.74) is 5.48. The van der Waals surface area contributed by atoms with Gasteiger partial charge in [0.25, 0.3) is 0 Å². The summed E-state index contributed by atoms with van der Waals surface area (Å²) in [5.74, 6) is 0. The maximum atomic E-state index is 9.45. The zero-order chi connectivity index (χ0) is 10.0. The van der Waals surface area contributed by atoms with Crippen molar-refractivity contribution in [3.05, 3.63) is 0 Å². The predicted molar refractivity (Wildman–Crippen MR) is 57.7 cm³/mol. The Morgan fingerprint density at radius 3 is 2.77 bits per heavy atom. The lowest BCUT2D eigenvalue weighted by Gasteiger charge is -2.27. The molecule has 1 aliphatic rings. The van der Waals surface area contributed by atoms with E-state index in [9.17, 15) is 5.11 Å². The SMILES string of the molecule is CC(CC(N)=S)N1CC(O)CC1C. The topological polar surface area (TPSA) is 49.5 Å². The van der Waals surface area contributed by atoms with E-state index in [1.165, 1.54) is 0 Å². The normalized spacial score (nSPS) is 31.9. The standard InChI is InChI=1S/C9H18N2OS/c1-6-3-8(12)5-11(6)7(2)4-9(10)13/h6-8,12H,3-5H2,1-2H3,(H2,10,13). The Kier molecular flexibility index (Phi) is 3.64. The van der Waals surface area contributed by atoms with E-state index in [-0.39, 0.29) is 6.10 Å². The van der Waals surface area contributed by atoms with Crippen LogP contribution in [0.4, 0.5) is 0 Å². The molecule has 0 bridgehead atoms. The summed E-state index contributed by atoms with van der Waals surface area (Å²) in [6, 6.07) is 0.795. The van der Waals surface area contributed by atoms with Gasteiger partial charge in [0.05, 0.1) is 11.1 Å². The van der Waals surface area contributed by atoms with E-state index in [0.717, 1.165) is 19.4 Å². The van der Waals surface area contributed by atoms with Crippen LogP contribution < -0.4 is 5.73 Å². The number of thiocarbonyl (C=S) groups is 1. The minimum atomic E-state index is -0.177. The molecular weight excluding hydrogens is 184 g/mol. The molecule has 0 saturated carbocycles. The number of likely N-dealkylation sites (tertiary alicyclic amines) is 1. The molecule has 0 aromatic heterocycles. The van der Waals surface area contributed by atoms with Crippen LogP contribution in [-0.4, -0.2) is 39.7 Å². The van der Waals surface area contributed by atoms with Gasteiger partial charge in [-0.3, -0.25) is 4.90 Å². The molecule has 3 atom stereocenters. The number of aliphatic hydroxyl groups is 1. The highest BCUT2D eigenvalue weighted by Crippen LogP contribution is 2.21. The number of hydrogen-bond acceptors (Lipinski definition) is 3. The number of nitrogens with two attached hydrogens (primary N) is 1. The molecule has 0 radical (unpaired) electrons. The van der Waals surface area contributed by atoms with E-state index in [2.05, 4.69) is 18.7 Å². The van der Waals surface area contributed by atoms with Crippen LogP contribution in [0, 0.1) is 0 Å². The van der Waals surface area contributed by atoms with Crippen molar-refractivity contribution in [3.8, 4) is 0 Å².